The first-order valence-corrected chi connectivity index (χ1v) is 7.81. The number of ether oxygens (including phenoxy) is 1. The van der Waals surface area contributed by atoms with Crippen molar-refractivity contribution >= 4 is 11.9 Å². The van der Waals surface area contributed by atoms with Gasteiger partial charge in [0.2, 0.25) is 5.95 Å². The lowest BCUT2D eigenvalue weighted by atomic mass is 10.1. The number of anilines is 1. The minimum atomic E-state index is 0.0114. The highest BCUT2D eigenvalue weighted by atomic mass is 16.5. The summed E-state index contributed by atoms with van der Waals surface area (Å²) in [6.07, 6.45) is 7.43. The number of nitrogens with one attached hydrogen (secondary N) is 1. The maximum absolute atomic E-state index is 12.4. The Morgan fingerprint density at radius 1 is 1.33 bits per heavy atom. The van der Waals surface area contributed by atoms with Crippen LogP contribution in [0.3, 0.4) is 0 Å². The number of hydrogen-bond donors (Lipinski definition) is 1. The zero-order valence-electron chi connectivity index (χ0n) is 12.3. The van der Waals surface area contributed by atoms with Crippen molar-refractivity contribution < 1.29 is 9.53 Å². The van der Waals surface area contributed by atoms with E-state index in [0.717, 1.165) is 45.4 Å². The number of nitrogens with zero attached hydrogens (tertiary/aromatic N) is 3. The van der Waals surface area contributed by atoms with Crippen LogP contribution in [0.4, 0.5) is 5.95 Å². The summed E-state index contributed by atoms with van der Waals surface area (Å²) in [6, 6.07) is 1.69. The molecular weight excluding hydrogens is 268 g/mol. The van der Waals surface area contributed by atoms with E-state index in [2.05, 4.69) is 15.3 Å². The maximum Gasteiger partial charge on any atom is 0.272 e. The van der Waals surface area contributed by atoms with E-state index in [9.17, 15) is 4.79 Å². The van der Waals surface area contributed by atoms with Crippen LogP contribution in [0, 0.1) is 0 Å². The predicted octanol–water partition coefficient (Wildman–Crippen LogP) is 1.69. The molecule has 1 unspecified atom stereocenters. The van der Waals surface area contributed by atoms with Crippen molar-refractivity contribution in [1.29, 1.82) is 0 Å². The summed E-state index contributed by atoms with van der Waals surface area (Å²) in [7, 11) is 0. The fraction of sp³-hybridized carbons (Fsp3) is 0.667. The molecule has 0 spiro atoms. The third-order valence-electron chi connectivity index (χ3n) is 4.03. The lowest BCUT2D eigenvalue weighted by Gasteiger charge is -2.26. The van der Waals surface area contributed by atoms with Crippen molar-refractivity contribution in [2.75, 3.05) is 31.6 Å². The van der Waals surface area contributed by atoms with Gasteiger partial charge in [-0.3, -0.25) is 4.79 Å². The van der Waals surface area contributed by atoms with Crippen LogP contribution in [0.2, 0.25) is 0 Å². The molecule has 1 amide bonds. The van der Waals surface area contributed by atoms with Crippen molar-refractivity contribution in [3.63, 3.8) is 0 Å². The molecule has 0 saturated carbocycles. The van der Waals surface area contributed by atoms with Crippen LogP contribution in [-0.4, -0.2) is 53.1 Å². The fourth-order valence-corrected chi connectivity index (χ4v) is 2.83. The van der Waals surface area contributed by atoms with Gasteiger partial charge >= 0.3 is 0 Å². The molecule has 3 rings (SSSR count). The number of aromatic nitrogens is 2. The van der Waals surface area contributed by atoms with Gasteiger partial charge < -0.3 is 15.0 Å². The molecule has 1 atom stereocenters. The second kappa shape index (κ2) is 6.85. The fourth-order valence-electron chi connectivity index (χ4n) is 2.83. The smallest absolute Gasteiger partial charge is 0.272 e. The Morgan fingerprint density at radius 3 is 2.95 bits per heavy atom. The third-order valence-corrected chi connectivity index (χ3v) is 4.03. The van der Waals surface area contributed by atoms with Gasteiger partial charge in [-0.1, -0.05) is 0 Å². The Kier molecular flexibility index (Phi) is 4.65. The number of piperidine rings is 1. The summed E-state index contributed by atoms with van der Waals surface area (Å²) >= 11 is 0. The van der Waals surface area contributed by atoms with Gasteiger partial charge in [-0.25, -0.2) is 9.97 Å². The summed E-state index contributed by atoms with van der Waals surface area (Å²) in [6.45, 7) is 3.20. The lowest BCUT2D eigenvalue weighted by molar-refractivity contribution is 0.0718. The Morgan fingerprint density at radius 2 is 2.19 bits per heavy atom. The van der Waals surface area contributed by atoms with Crippen molar-refractivity contribution in [1.82, 2.24) is 14.9 Å². The lowest BCUT2D eigenvalue weighted by Crippen LogP contribution is -2.36. The van der Waals surface area contributed by atoms with Crippen LogP contribution in [0.25, 0.3) is 0 Å². The van der Waals surface area contributed by atoms with Crippen molar-refractivity contribution in [2.45, 2.75) is 38.2 Å². The topological polar surface area (TPSA) is 67.3 Å². The van der Waals surface area contributed by atoms with Gasteiger partial charge in [-0.2, -0.15) is 0 Å². The van der Waals surface area contributed by atoms with Gasteiger partial charge in [0.15, 0.2) is 0 Å². The highest BCUT2D eigenvalue weighted by molar-refractivity contribution is 5.92. The molecule has 6 heteroatoms. The predicted molar refractivity (Wildman–Crippen MR) is 79.3 cm³/mol. The monoisotopic (exact) mass is 290 g/mol. The molecular formula is C15H22N4O2. The average Bonchev–Trinajstić information content (AvgIpc) is 3.07. The minimum Gasteiger partial charge on any atom is -0.376 e. The summed E-state index contributed by atoms with van der Waals surface area (Å²) in [5.41, 5.74) is 0.474. The van der Waals surface area contributed by atoms with Crippen LogP contribution in [0.15, 0.2) is 12.3 Å². The molecule has 21 heavy (non-hydrogen) atoms. The zero-order chi connectivity index (χ0) is 14.5. The Labute approximate surface area is 124 Å². The van der Waals surface area contributed by atoms with Crippen LogP contribution >= 0.6 is 0 Å². The summed E-state index contributed by atoms with van der Waals surface area (Å²) in [5, 5.41) is 3.17. The van der Waals surface area contributed by atoms with E-state index in [1.807, 2.05) is 4.90 Å². The van der Waals surface area contributed by atoms with Gasteiger partial charge in [-0.05, 0) is 38.2 Å². The molecule has 1 aromatic rings. The van der Waals surface area contributed by atoms with Gasteiger partial charge in [0.25, 0.3) is 5.91 Å². The molecule has 1 N–H and O–H groups in total. The molecule has 114 valence electrons. The maximum atomic E-state index is 12.4. The molecule has 1 aromatic heterocycles. The molecule has 2 aliphatic heterocycles. The normalized spacial score (nSPS) is 22.3. The Hall–Kier alpha value is -1.69. The Balaban J connectivity index is 1.60. The number of rotatable bonds is 4. The van der Waals surface area contributed by atoms with Gasteiger partial charge in [0, 0.05) is 32.4 Å². The van der Waals surface area contributed by atoms with E-state index in [4.69, 9.17) is 4.74 Å². The van der Waals surface area contributed by atoms with Crippen molar-refractivity contribution in [3.05, 3.63) is 18.0 Å². The second-order valence-electron chi connectivity index (χ2n) is 5.63. The number of likely N-dealkylation sites (tertiary alicyclic amines) is 1. The average molecular weight is 290 g/mol. The van der Waals surface area contributed by atoms with E-state index >= 15 is 0 Å². The minimum absolute atomic E-state index is 0.0114. The molecule has 0 aliphatic carbocycles. The van der Waals surface area contributed by atoms with E-state index in [1.54, 1.807) is 12.3 Å². The second-order valence-corrected chi connectivity index (χ2v) is 5.63. The van der Waals surface area contributed by atoms with Crippen LogP contribution < -0.4 is 5.32 Å². The van der Waals surface area contributed by atoms with Crippen LogP contribution in [0.1, 0.15) is 42.6 Å². The largest absolute Gasteiger partial charge is 0.376 e. The van der Waals surface area contributed by atoms with Crippen molar-refractivity contribution in [2.24, 2.45) is 0 Å². The summed E-state index contributed by atoms with van der Waals surface area (Å²) < 4.78 is 5.55. The van der Waals surface area contributed by atoms with Gasteiger partial charge in [-0.15, -0.1) is 0 Å². The highest BCUT2D eigenvalue weighted by Crippen LogP contribution is 2.14. The molecule has 2 saturated heterocycles. The molecule has 0 aromatic carbocycles. The zero-order valence-corrected chi connectivity index (χ0v) is 12.3. The van der Waals surface area contributed by atoms with Gasteiger partial charge in [0.1, 0.15) is 5.69 Å². The van der Waals surface area contributed by atoms with Crippen LogP contribution in [0.5, 0.6) is 0 Å². The number of carbonyl (C=O) groups is 1. The van der Waals surface area contributed by atoms with E-state index < -0.39 is 0 Å². The van der Waals surface area contributed by atoms with Gasteiger partial charge in [0.05, 0.1) is 6.10 Å². The van der Waals surface area contributed by atoms with Crippen LogP contribution in [-0.2, 0) is 4.74 Å². The molecule has 2 aliphatic rings. The summed E-state index contributed by atoms with van der Waals surface area (Å²) in [4.78, 5) is 22.8. The van der Waals surface area contributed by atoms with E-state index in [1.165, 1.54) is 6.42 Å². The Bertz CT molecular complexity index is 482. The standard InChI is InChI=1S/C15H22N4O2/c20-14(19-8-2-1-3-9-19)13-6-7-16-15(18-13)17-11-12-5-4-10-21-12/h6-7,12H,1-5,8-11H2,(H,16,17,18). The molecule has 6 nitrogen and oxygen atoms in total. The highest BCUT2D eigenvalue weighted by Gasteiger charge is 2.20. The quantitative estimate of drug-likeness (QED) is 0.914. The molecule has 2 fully saturated rings. The first-order valence-electron chi connectivity index (χ1n) is 7.81. The molecule has 3 heterocycles. The first-order chi connectivity index (χ1) is 10.3. The number of carbonyl (C=O) groups excluding carboxylic acids is 1. The number of hydrogen-bond acceptors (Lipinski definition) is 5. The SMILES string of the molecule is O=C(c1ccnc(NCC2CCCO2)n1)N1CCCCC1. The molecule has 0 bridgehead atoms. The van der Waals surface area contributed by atoms with Crippen molar-refractivity contribution in [3.8, 4) is 0 Å². The number of amides is 1. The first kappa shape index (κ1) is 14.3. The summed E-state index contributed by atoms with van der Waals surface area (Å²) in [5.74, 6) is 0.519. The molecule has 0 radical (unpaired) electrons. The van der Waals surface area contributed by atoms with E-state index in [-0.39, 0.29) is 12.0 Å². The third kappa shape index (κ3) is 3.69. The van der Waals surface area contributed by atoms with E-state index in [0.29, 0.717) is 18.2 Å².